The van der Waals surface area contributed by atoms with Gasteiger partial charge >= 0.3 is 0 Å². The molecule has 4 N–H and O–H groups in total. The molecule has 4 aromatic rings. The Labute approximate surface area is 267 Å². The summed E-state index contributed by atoms with van der Waals surface area (Å²) in [6.45, 7) is 11.5. The lowest BCUT2D eigenvalue weighted by molar-refractivity contribution is -0.128. The number of hydrogen-bond donors (Lipinski definition) is 4. The fraction of sp³-hybridized carbons (Fsp3) is 0.412. The van der Waals surface area contributed by atoms with Crippen molar-refractivity contribution in [1.29, 1.82) is 0 Å². The molecule has 1 atom stereocenters. The number of halogens is 1. The highest BCUT2D eigenvalue weighted by molar-refractivity contribution is 5.96. The number of rotatable bonds is 6. The minimum Gasteiger partial charge on any atom is -0.505 e. The highest BCUT2D eigenvalue weighted by atomic mass is 19.1. The van der Waals surface area contributed by atoms with Crippen molar-refractivity contribution in [1.82, 2.24) is 40.2 Å². The standard InChI is InChI=1S/C34H40FN9O2/c1-4-21-15-30(45)25(35)16-24(21)22-6-7-23-27(14-22)40-41-32(23)33-38-26-8-11-44(19-29(26)39-33)34(46)28-17-37-31(18-36-28)43-10-5-9-42(12-13-43)20(2)3/h6-7,14-18,20,31,37,45H,4-5,8-13,19H2,1-3H3,(H,38,39)(H,40,41). The highest BCUT2D eigenvalue weighted by Gasteiger charge is 2.29. The molecule has 12 heteroatoms. The number of H-pyrrole nitrogens is 2. The third kappa shape index (κ3) is 5.67. The second-order valence-corrected chi connectivity index (χ2v) is 12.6. The first-order valence-electron chi connectivity index (χ1n) is 16.1. The van der Waals surface area contributed by atoms with Crippen LogP contribution in [-0.2, 0) is 24.2 Å². The maximum atomic E-state index is 14.2. The predicted molar refractivity (Wildman–Crippen MR) is 176 cm³/mol. The Kier molecular flexibility index (Phi) is 8.07. The van der Waals surface area contributed by atoms with E-state index >= 15 is 0 Å². The second-order valence-electron chi connectivity index (χ2n) is 12.6. The number of hydrogen-bond acceptors (Lipinski definition) is 8. The number of aromatic hydroxyl groups is 1. The van der Waals surface area contributed by atoms with Gasteiger partial charge < -0.3 is 20.3 Å². The number of phenolic OH excluding ortho intramolecular Hbond substituents is 1. The number of amides is 1. The monoisotopic (exact) mass is 625 g/mol. The fourth-order valence-corrected chi connectivity index (χ4v) is 6.74. The molecule has 7 rings (SSSR count). The SMILES string of the molecule is CCc1cc(O)c(F)cc1-c1ccc2c(-c3nc4c([nH]3)CN(C(=O)C3=CNC(N5CCCN(C(C)C)CC5)C=N3)CC4)n[nH]c2c1. The molecule has 0 aliphatic carbocycles. The third-order valence-corrected chi connectivity index (χ3v) is 9.42. The van der Waals surface area contributed by atoms with E-state index in [0.29, 0.717) is 49.2 Å². The maximum absolute atomic E-state index is 14.2. The van der Waals surface area contributed by atoms with Gasteiger partial charge in [0, 0.05) is 56.4 Å². The van der Waals surface area contributed by atoms with E-state index in [0.717, 1.165) is 71.6 Å². The Morgan fingerprint density at radius 1 is 1.13 bits per heavy atom. The molecule has 1 saturated heterocycles. The van der Waals surface area contributed by atoms with Crippen molar-refractivity contribution >= 4 is 23.0 Å². The van der Waals surface area contributed by atoms with Crippen molar-refractivity contribution in [3.63, 3.8) is 0 Å². The molecular weight excluding hydrogens is 585 g/mol. The number of aromatic nitrogens is 4. The molecule has 46 heavy (non-hydrogen) atoms. The zero-order valence-electron chi connectivity index (χ0n) is 26.5. The maximum Gasteiger partial charge on any atom is 0.274 e. The van der Waals surface area contributed by atoms with E-state index in [9.17, 15) is 14.3 Å². The minimum absolute atomic E-state index is 0.0116. The molecule has 240 valence electrons. The number of benzene rings is 2. The summed E-state index contributed by atoms with van der Waals surface area (Å²) in [7, 11) is 0. The third-order valence-electron chi connectivity index (χ3n) is 9.42. The van der Waals surface area contributed by atoms with Crippen LogP contribution in [0.3, 0.4) is 0 Å². The van der Waals surface area contributed by atoms with Crippen LogP contribution in [0.15, 0.2) is 47.2 Å². The molecule has 2 aromatic carbocycles. The van der Waals surface area contributed by atoms with Crippen molar-refractivity contribution in [2.45, 2.75) is 58.8 Å². The largest absolute Gasteiger partial charge is 0.505 e. The van der Waals surface area contributed by atoms with E-state index in [1.807, 2.05) is 31.3 Å². The van der Waals surface area contributed by atoms with Crippen molar-refractivity contribution in [3.05, 3.63) is 65.0 Å². The minimum atomic E-state index is -0.649. The summed E-state index contributed by atoms with van der Waals surface area (Å²) in [4.78, 5) is 33.0. The van der Waals surface area contributed by atoms with E-state index < -0.39 is 5.82 Å². The molecule has 1 amide bonds. The van der Waals surface area contributed by atoms with Crippen LogP contribution in [0, 0.1) is 5.82 Å². The molecule has 1 fully saturated rings. The van der Waals surface area contributed by atoms with Gasteiger partial charge in [0.25, 0.3) is 5.91 Å². The number of aliphatic imine (C=N–C) groups is 1. The van der Waals surface area contributed by atoms with Gasteiger partial charge in [0.15, 0.2) is 17.4 Å². The Hall–Kier alpha value is -4.55. The van der Waals surface area contributed by atoms with Gasteiger partial charge in [0.1, 0.15) is 17.6 Å². The number of aromatic amines is 2. The van der Waals surface area contributed by atoms with Crippen molar-refractivity contribution in [3.8, 4) is 28.4 Å². The van der Waals surface area contributed by atoms with Gasteiger partial charge in [0.05, 0.1) is 23.4 Å². The molecule has 5 heterocycles. The normalized spacial score (nSPS) is 19.3. The van der Waals surface area contributed by atoms with Crippen LogP contribution in [0.25, 0.3) is 33.5 Å². The van der Waals surface area contributed by atoms with Crippen molar-refractivity contribution in [2.75, 3.05) is 32.7 Å². The molecule has 0 radical (unpaired) electrons. The van der Waals surface area contributed by atoms with Crippen LogP contribution in [0.5, 0.6) is 5.75 Å². The number of aryl methyl sites for hydroxylation is 1. The van der Waals surface area contributed by atoms with E-state index in [2.05, 4.69) is 49.1 Å². The van der Waals surface area contributed by atoms with Gasteiger partial charge in [-0.05, 0) is 74.2 Å². The number of imidazole rings is 1. The van der Waals surface area contributed by atoms with Gasteiger partial charge in [-0.1, -0.05) is 13.0 Å². The van der Waals surface area contributed by atoms with Gasteiger partial charge in [-0.2, -0.15) is 5.10 Å². The molecule has 0 saturated carbocycles. The average Bonchev–Trinajstić information content (AvgIpc) is 3.60. The van der Waals surface area contributed by atoms with Crippen LogP contribution >= 0.6 is 0 Å². The number of carbonyl (C=O) groups excluding carboxylic acids is 1. The number of carbonyl (C=O) groups is 1. The van der Waals surface area contributed by atoms with E-state index in [4.69, 9.17) is 4.98 Å². The zero-order valence-corrected chi connectivity index (χ0v) is 26.5. The summed E-state index contributed by atoms with van der Waals surface area (Å²) in [5, 5.41) is 21.8. The molecule has 11 nitrogen and oxygen atoms in total. The van der Waals surface area contributed by atoms with Crippen molar-refractivity contribution in [2.24, 2.45) is 4.99 Å². The Balaban J connectivity index is 1.03. The average molecular weight is 626 g/mol. The van der Waals surface area contributed by atoms with E-state index in [1.165, 1.54) is 12.1 Å². The Morgan fingerprint density at radius 3 is 2.78 bits per heavy atom. The number of fused-ring (bicyclic) bond motifs is 2. The summed E-state index contributed by atoms with van der Waals surface area (Å²) in [6.07, 6.45) is 6.00. The summed E-state index contributed by atoms with van der Waals surface area (Å²) >= 11 is 0. The molecule has 3 aliphatic heterocycles. The number of phenols is 1. The smallest absolute Gasteiger partial charge is 0.274 e. The number of nitrogens with one attached hydrogen (secondary N) is 3. The first kappa shape index (κ1) is 30.1. The van der Waals surface area contributed by atoms with Crippen LogP contribution in [0.2, 0.25) is 0 Å². The molecule has 2 aromatic heterocycles. The van der Waals surface area contributed by atoms with Crippen LogP contribution < -0.4 is 5.32 Å². The van der Waals surface area contributed by atoms with Gasteiger partial charge in [-0.3, -0.25) is 24.7 Å². The van der Waals surface area contributed by atoms with Crippen molar-refractivity contribution < 1.29 is 14.3 Å². The lowest BCUT2D eigenvalue weighted by Crippen LogP contribution is -2.48. The van der Waals surface area contributed by atoms with E-state index in [1.54, 1.807) is 11.1 Å². The first-order chi connectivity index (χ1) is 22.3. The van der Waals surface area contributed by atoms with Crippen LogP contribution in [0.1, 0.15) is 44.1 Å². The van der Waals surface area contributed by atoms with E-state index in [-0.39, 0.29) is 17.8 Å². The fourth-order valence-electron chi connectivity index (χ4n) is 6.74. The zero-order chi connectivity index (χ0) is 31.9. The topological polar surface area (TPSA) is 129 Å². The summed E-state index contributed by atoms with van der Waals surface area (Å²) in [5.41, 5.74) is 6.12. The Morgan fingerprint density at radius 2 is 2.00 bits per heavy atom. The number of nitrogens with zero attached hydrogens (tertiary/aromatic N) is 6. The summed E-state index contributed by atoms with van der Waals surface area (Å²) < 4.78 is 14.2. The second kappa shape index (κ2) is 12.3. The summed E-state index contributed by atoms with van der Waals surface area (Å²) in [5.74, 6) is -0.469. The van der Waals surface area contributed by atoms with Crippen LogP contribution in [-0.4, -0.2) is 97.0 Å². The lowest BCUT2D eigenvalue weighted by atomic mass is 9.96. The van der Waals surface area contributed by atoms with Gasteiger partial charge in [-0.25, -0.2) is 9.37 Å². The summed E-state index contributed by atoms with van der Waals surface area (Å²) in [6, 6.07) is 9.21. The van der Waals surface area contributed by atoms with Gasteiger partial charge in [0.2, 0.25) is 0 Å². The Bertz CT molecular complexity index is 1840. The molecular formula is C34H40FN9O2. The molecule has 3 aliphatic rings. The molecule has 1 unspecified atom stereocenters. The van der Waals surface area contributed by atoms with Gasteiger partial charge in [-0.15, -0.1) is 0 Å². The highest BCUT2D eigenvalue weighted by Crippen LogP contribution is 2.34. The van der Waals surface area contributed by atoms with Crippen LogP contribution in [0.4, 0.5) is 4.39 Å². The molecule has 0 spiro atoms. The molecule has 0 bridgehead atoms. The first-order valence-corrected chi connectivity index (χ1v) is 16.1. The lowest BCUT2D eigenvalue weighted by Gasteiger charge is -2.31. The quantitative estimate of drug-likeness (QED) is 0.253. The predicted octanol–water partition coefficient (Wildman–Crippen LogP) is 4.17.